The standard InChI is InChI=1S/C13H16FN3/c14-12-3-4-13-11(6-12)9-17(16-13)8-10-2-1-5-15-7-10/h3-4,6,9-10,15H,1-2,5,7-8H2. The van der Waals surface area contributed by atoms with Crippen LogP contribution in [0.25, 0.3) is 10.9 Å². The second-order valence-electron chi connectivity index (χ2n) is 4.77. The zero-order chi connectivity index (χ0) is 11.7. The molecule has 1 aromatic heterocycles. The largest absolute Gasteiger partial charge is 0.316 e. The van der Waals surface area contributed by atoms with E-state index in [-0.39, 0.29) is 5.82 Å². The molecule has 0 saturated carbocycles. The lowest BCUT2D eigenvalue weighted by atomic mass is 10.00. The molecule has 3 nitrogen and oxygen atoms in total. The fraction of sp³-hybridized carbons (Fsp3) is 0.462. The minimum Gasteiger partial charge on any atom is -0.316 e. The Hall–Kier alpha value is -1.42. The van der Waals surface area contributed by atoms with Crippen molar-refractivity contribution in [3.63, 3.8) is 0 Å². The molecule has 1 aliphatic rings. The third-order valence-corrected chi connectivity index (χ3v) is 3.36. The van der Waals surface area contributed by atoms with E-state index in [0.29, 0.717) is 5.92 Å². The van der Waals surface area contributed by atoms with Crippen LogP contribution in [0.4, 0.5) is 4.39 Å². The van der Waals surface area contributed by atoms with Crippen molar-refractivity contribution in [3.05, 3.63) is 30.2 Å². The van der Waals surface area contributed by atoms with Crippen LogP contribution in [0.15, 0.2) is 24.4 Å². The number of halogens is 1. The molecule has 4 heteroatoms. The van der Waals surface area contributed by atoms with Gasteiger partial charge in [0, 0.05) is 18.1 Å². The minimum absolute atomic E-state index is 0.198. The van der Waals surface area contributed by atoms with Crippen molar-refractivity contribution in [2.24, 2.45) is 5.92 Å². The van der Waals surface area contributed by atoms with Gasteiger partial charge in [-0.15, -0.1) is 0 Å². The van der Waals surface area contributed by atoms with Gasteiger partial charge in [-0.1, -0.05) is 0 Å². The summed E-state index contributed by atoms with van der Waals surface area (Å²) in [4.78, 5) is 0. The van der Waals surface area contributed by atoms with Crippen LogP contribution in [0, 0.1) is 11.7 Å². The molecular weight excluding hydrogens is 217 g/mol. The molecule has 90 valence electrons. The van der Waals surface area contributed by atoms with Crippen LogP contribution >= 0.6 is 0 Å². The van der Waals surface area contributed by atoms with E-state index >= 15 is 0 Å². The Labute approximate surface area is 99.6 Å². The van der Waals surface area contributed by atoms with E-state index in [1.807, 2.05) is 10.9 Å². The minimum atomic E-state index is -0.198. The number of rotatable bonds is 2. The number of aromatic nitrogens is 2. The topological polar surface area (TPSA) is 29.9 Å². The smallest absolute Gasteiger partial charge is 0.124 e. The first-order valence-electron chi connectivity index (χ1n) is 6.15. The van der Waals surface area contributed by atoms with Gasteiger partial charge < -0.3 is 5.32 Å². The number of benzene rings is 1. The van der Waals surface area contributed by atoms with Crippen LogP contribution < -0.4 is 5.32 Å². The third-order valence-electron chi connectivity index (χ3n) is 3.36. The summed E-state index contributed by atoms with van der Waals surface area (Å²) in [5.74, 6) is 0.444. The Morgan fingerprint density at radius 2 is 2.41 bits per heavy atom. The molecule has 1 saturated heterocycles. The monoisotopic (exact) mass is 233 g/mol. The van der Waals surface area contributed by atoms with Crippen molar-refractivity contribution in [3.8, 4) is 0 Å². The van der Waals surface area contributed by atoms with E-state index < -0.39 is 0 Å². The van der Waals surface area contributed by atoms with E-state index in [4.69, 9.17) is 0 Å². The van der Waals surface area contributed by atoms with E-state index in [1.165, 1.54) is 25.0 Å². The van der Waals surface area contributed by atoms with Crippen molar-refractivity contribution in [1.29, 1.82) is 0 Å². The quantitative estimate of drug-likeness (QED) is 0.861. The molecule has 1 aromatic carbocycles. The zero-order valence-electron chi connectivity index (χ0n) is 9.69. The van der Waals surface area contributed by atoms with Gasteiger partial charge in [0.15, 0.2) is 0 Å². The molecule has 17 heavy (non-hydrogen) atoms. The molecule has 1 fully saturated rings. The van der Waals surface area contributed by atoms with Gasteiger partial charge in [0.1, 0.15) is 5.82 Å². The Bertz CT molecular complexity index is 514. The number of fused-ring (bicyclic) bond motifs is 1. The number of nitrogens with one attached hydrogen (secondary N) is 1. The highest BCUT2D eigenvalue weighted by Crippen LogP contribution is 2.17. The van der Waals surface area contributed by atoms with Crippen molar-refractivity contribution < 1.29 is 4.39 Å². The molecule has 2 aromatic rings. The number of piperidine rings is 1. The summed E-state index contributed by atoms with van der Waals surface area (Å²) in [7, 11) is 0. The maximum Gasteiger partial charge on any atom is 0.124 e. The molecule has 0 radical (unpaired) electrons. The van der Waals surface area contributed by atoms with Crippen molar-refractivity contribution >= 4 is 10.9 Å². The molecule has 1 aliphatic heterocycles. The maximum atomic E-state index is 13.1. The summed E-state index contributed by atoms with van der Waals surface area (Å²) in [6.07, 6.45) is 4.42. The Balaban J connectivity index is 1.80. The van der Waals surface area contributed by atoms with E-state index in [2.05, 4.69) is 10.4 Å². The highest BCUT2D eigenvalue weighted by molar-refractivity contribution is 5.77. The predicted molar refractivity (Wildman–Crippen MR) is 65.3 cm³/mol. The fourth-order valence-electron chi connectivity index (χ4n) is 2.49. The molecular formula is C13H16FN3. The van der Waals surface area contributed by atoms with Crippen LogP contribution in [-0.2, 0) is 6.54 Å². The van der Waals surface area contributed by atoms with Gasteiger partial charge in [0.2, 0.25) is 0 Å². The molecule has 1 atom stereocenters. The average Bonchev–Trinajstić information content (AvgIpc) is 2.71. The molecule has 0 aliphatic carbocycles. The first-order chi connectivity index (χ1) is 8.31. The summed E-state index contributed by atoms with van der Waals surface area (Å²) in [5, 5.41) is 8.75. The Morgan fingerprint density at radius 3 is 3.24 bits per heavy atom. The highest BCUT2D eigenvalue weighted by Gasteiger charge is 2.14. The summed E-state index contributed by atoms with van der Waals surface area (Å²) in [6.45, 7) is 3.11. The van der Waals surface area contributed by atoms with Gasteiger partial charge in [0.05, 0.1) is 5.52 Å². The average molecular weight is 233 g/mol. The second-order valence-corrected chi connectivity index (χ2v) is 4.77. The van der Waals surface area contributed by atoms with E-state index in [1.54, 1.807) is 6.07 Å². The van der Waals surface area contributed by atoms with Gasteiger partial charge in [-0.05, 0) is 50.0 Å². The predicted octanol–water partition coefficient (Wildman–Crippen LogP) is 2.17. The van der Waals surface area contributed by atoms with Gasteiger partial charge in [-0.2, -0.15) is 5.10 Å². The van der Waals surface area contributed by atoms with Gasteiger partial charge in [0.25, 0.3) is 0 Å². The molecule has 0 bridgehead atoms. The molecule has 0 spiro atoms. The fourth-order valence-corrected chi connectivity index (χ4v) is 2.49. The van der Waals surface area contributed by atoms with Gasteiger partial charge in [-0.3, -0.25) is 4.68 Å². The summed E-state index contributed by atoms with van der Waals surface area (Å²) >= 11 is 0. The Kier molecular flexibility index (Phi) is 2.81. The third kappa shape index (κ3) is 2.31. The van der Waals surface area contributed by atoms with Crippen molar-refractivity contribution in [1.82, 2.24) is 15.1 Å². The molecule has 3 rings (SSSR count). The van der Waals surface area contributed by atoms with Crippen LogP contribution in [0.3, 0.4) is 0 Å². The lowest BCUT2D eigenvalue weighted by Crippen LogP contribution is -2.32. The number of hydrogen-bond acceptors (Lipinski definition) is 2. The highest BCUT2D eigenvalue weighted by atomic mass is 19.1. The second kappa shape index (κ2) is 4.45. The molecule has 1 unspecified atom stereocenters. The number of hydrogen-bond donors (Lipinski definition) is 1. The van der Waals surface area contributed by atoms with Crippen LogP contribution in [0.5, 0.6) is 0 Å². The normalized spacial score (nSPS) is 20.9. The zero-order valence-corrected chi connectivity index (χ0v) is 9.69. The van der Waals surface area contributed by atoms with E-state index in [9.17, 15) is 4.39 Å². The summed E-state index contributed by atoms with van der Waals surface area (Å²) < 4.78 is 15.0. The first-order valence-corrected chi connectivity index (χ1v) is 6.15. The van der Waals surface area contributed by atoms with Crippen LogP contribution in [-0.4, -0.2) is 22.9 Å². The van der Waals surface area contributed by atoms with Gasteiger partial charge in [-0.25, -0.2) is 4.39 Å². The van der Waals surface area contributed by atoms with Crippen LogP contribution in [0.1, 0.15) is 12.8 Å². The molecule has 0 amide bonds. The lowest BCUT2D eigenvalue weighted by Gasteiger charge is -2.22. The SMILES string of the molecule is Fc1ccc2nn(CC3CCCNC3)cc2c1. The lowest BCUT2D eigenvalue weighted by molar-refractivity contribution is 0.326. The molecule has 2 heterocycles. The van der Waals surface area contributed by atoms with Crippen molar-refractivity contribution in [2.45, 2.75) is 19.4 Å². The summed E-state index contributed by atoms with van der Waals surface area (Å²) in [5.41, 5.74) is 0.871. The Morgan fingerprint density at radius 1 is 1.47 bits per heavy atom. The molecule has 1 N–H and O–H groups in total. The van der Waals surface area contributed by atoms with Crippen LogP contribution in [0.2, 0.25) is 0 Å². The maximum absolute atomic E-state index is 13.1. The first kappa shape index (κ1) is 10.7. The van der Waals surface area contributed by atoms with Crippen molar-refractivity contribution in [2.75, 3.05) is 13.1 Å². The van der Waals surface area contributed by atoms with Gasteiger partial charge >= 0.3 is 0 Å². The summed E-state index contributed by atoms with van der Waals surface area (Å²) in [6, 6.07) is 4.74. The van der Waals surface area contributed by atoms with E-state index in [0.717, 1.165) is 30.5 Å². The number of nitrogens with zero attached hydrogens (tertiary/aromatic N) is 2.